The van der Waals surface area contributed by atoms with Gasteiger partial charge in [-0.3, -0.25) is 4.79 Å². The van der Waals surface area contributed by atoms with Crippen LogP contribution in [0.2, 0.25) is 0 Å². The van der Waals surface area contributed by atoms with E-state index in [2.05, 4.69) is 52.1 Å². The van der Waals surface area contributed by atoms with Crippen molar-refractivity contribution in [3.63, 3.8) is 0 Å². The number of fused-ring (bicyclic) bond motifs is 1. The van der Waals surface area contributed by atoms with Crippen LogP contribution in [-0.2, 0) is 12.0 Å². The van der Waals surface area contributed by atoms with E-state index in [4.69, 9.17) is 11.1 Å². The molecular weight excluding hydrogens is 500 g/mol. The standard InChI is InChI=1S/C23H27F2N11O2/c1-5-6-7-23(32-33-23)8-10-26-19(37)15-14(30-38-31-15)12-36-18-16(29-34-36)17(27-20(28-18)21(2,3)4)35-11-9-22(24,25)13-35/h1H,6-13H2,2-4H3,(H,26,37). The lowest BCUT2D eigenvalue weighted by molar-refractivity contribution is 0.0256. The third-order valence-corrected chi connectivity index (χ3v) is 6.42. The molecule has 2 aliphatic rings. The minimum absolute atomic E-state index is 0.0134. The highest BCUT2D eigenvalue weighted by Gasteiger charge is 2.41. The maximum atomic E-state index is 14.0. The largest absolute Gasteiger partial charge is 0.350 e. The van der Waals surface area contributed by atoms with E-state index in [9.17, 15) is 13.6 Å². The fourth-order valence-corrected chi connectivity index (χ4v) is 4.17. The first-order chi connectivity index (χ1) is 18.0. The van der Waals surface area contributed by atoms with Gasteiger partial charge in [-0.1, -0.05) is 31.1 Å². The summed E-state index contributed by atoms with van der Waals surface area (Å²) in [6, 6.07) is 0. The summed E-state index contributed by atoms with van der Waals surface area (Å²) < 4.78 is 34.3. The number of hydrogen-bond acceptors (Lipinski definition) is 11. The van der Waals surface area contributed by atoms with Crippen LogP contribution in [0.3, 0.4) is 0 Å². The lowest BCUT2D eigenvalue weighted by Gasteiger charge is -2.22. The third-order valence-electron chi connectivity index (χ3n) is 6.42. The van der Waals surface area contributed by atoms with Crippen molar-refractivity contribution in [3.8, 4) is 12.3 Å². The average Bonchev–Trinajstić information content (AvgIpc) is 3.17. The number of alkyl halides is 2. The van der Waals surface area contributed by atoms with E-state index in [0.29, 0.717) is 43.1 Å². The van der Waals surface area contributed by atoms with Crippen molar-refractivity contribution < 1.29 is 18.2 Å². The van der Waals surface area contributed by atoms with Crippen molar-refractivity contribution >= 4 is 22.9 Å². The monoisotopic (exact) mass is 527 g/mol. The highest BCUT2D eigenvalue weighted by molar-refractivity contribution is 5.93. The molecule has 0 radical (unpaired) electrons. The second-order valence-electron chi connectivity index (χ2n) is 10.5. The Kier molecular flexibility index (Phi) is 6.28. The summed E-state index contributed by atoms with van der Waals surface area (Å²) in [4.78, 5) is 23.5. The van der Waals surface area contributed by atoms with Gasteiger partial charge in [-0.2, -0.15) is 10.2 Å². The molecule has 13 nitrogen and oxygen atoms in total. The molecule has 1 fully saturated rings. The summed E-state index contributed by atoms with van der Waals surface area (Å²) in [5.41, 5.74) is -0.184. The maximum Gasteiger partial charge on any atom is 0.275 e. The van der Waals surface area contributed by atoms with Crippen LogP contribution in [-0.4, -0.2) is 72.4 Å². The zero-order valence-corrected chi connectivity index (χ0v) is 21.3. The smallest absolute Gasteiger partial charge is 0.275 e. The van der Waals surface area contributed by atoms with Crippen LogP contribution in [0.5, 0.6) is 0 Å². The predicted octanol–water partition coefficient (Wildman–Crippen LogP) is 2.49. The van der Waals surface area contributed by atoms with E-state index in [1.165, 1.54) is 9.58 Å². The van der Waals surface area contributed by atoms with Crippen LogP contribution in [0, 0.1) is 12.3 Å². The number of nitrogens with zero attached hydrogens (tertiary/aromatic N) is 10. The third kappa shape index (κ3) is 5.15. The molecule has 0 spiro atoms. The van der Waals surface area contributed by atoms with Gasteiger partial charge in [0.15, 0.2) is 28.3 Å². The Balaban J connectivity index is 1.36. The Morgan fingerprint density at radius 3 is 2.66 bits per heavy atom. The Morgan fingerprint density at radius 1 is 1.21 bits per heavy atom. The molecule has 2 aliphatic heterocycles. The molecule has 0 bridgehead atoms. The number of hydrogen-bond donors (Lipinski definition) is 1. The zero-order chi connectivity index (χ0) is 27.1. The summed E-state index contributed by atoms with van der Waals surface area (Å²) in [6.45, 7) is 5.72. The minimum Gasteiger partial charge on any atom is -0.350 e. The van der Waals surface area contributed by atoms with Gasteiger partial charge in [0, 0.05) is 44.2 Å². The van der Waals surface area contributed by atoms with Gasteiger partial charge >= 0.3 is 0 Å². The highest BCUT2D eigenvalue weighted by Crippen LogP contribution is 2.36. The number of terminal acetylenes is 1. The van der Waals surface area contributed by atoms with Gasteiger partial charge in [-0.15, -0.1) is 17.4 Å². The average molecular weight is 528 g/mol. The fraction of sp³-hybridized carbons (Fsp3) is 0.609. The summed E-state index contributed by atoms with van der Waals surface area (Å²) in [5, 5.41) is 26.8. The second-order valence-corrected chi connectivity index (χ2v) is 10.5. The Bertz CT molecular complexity index is 1430. The SMILES string of the molecule is C#CCCC1(CCNC(=O)c2nonc2Cn2nnc3c(N4CCC(F)(F)C4)nc(C(C)(C)C)nc32)N=N1. The van der Waals surface area contributed by atoms with Gasteiger partial charge in [0.05, 0.1) is 13.1 Å². The van der Waals surface area contributed by atoms with Crippen LogP contribution >= 0.6 is 0 Å². The van der Waals surface area contributed by atoms with Gasteiger partial charge in [0.2, 0.25) is 0 Å². The molecule has 1 saturated heterocycles. The minimum atomic E-state index is -2.81. The number of anilines is 1. The van der Waals surface area contributed by atoms with Crippen LogP contribution in [0.25, 0.3) is 11.2 Å². The molecule has 1 N–H and O–H groups in total. The summed E-state index contributed by atoms with van der Waals surface area (Å²) in [5.74, 6) is 0.0175. The van der Waals surface area contributed by atoms with Gasteiger partial charge in [-0.25, -0.2) is 28.1 Å². The van der Waals surface area contributed by atoms with Crippen LogP contribution in [0.1, 0.15) is 68.5 Å². The second kappa shape index (κ2) is 9.34. The van der Waals surface area contributed by atoms with Gasteiger partial charge in [-0.05, 0) is 5.16 Å². The van der Waals surface area contributed by atoms with Crippen molar-refractivity contribution in [2.45, 2.75) is 70.0 Å². The zero-order valence-electron chi connectivity index (χ0n) is 21.3. The topological polar surface area (TPSA) is 152 Å². The molecule has 0 atom stereocenters. The molecular formula is C23H27F2N11O2. The van der Waals surface area contributed by atoms with E-state index in [0.717, 1.165) is 0 Å². The van der Waals surface area contributed by atoms with Crippen molar-refractivity contribution in [1.29, 1.82) is 0 Å². The molecule has 15 heteroatoms. The van der Waals surface area contributed by atoms with Crippen molar-refractivity contribution in [2.75, 3.05) is 24.5 Å². The number of carbonyl (C=O) groups is 1. The fourth-order valence-electron chi connectivity index (χ4n) is 4.17. The molecule has 1 amide bonds. The first-order valence-electron chi connectivity index (χ1n) is 12.2. The highest BCUT2D eigenvalue weighted by atomic mass is 19.3. The van der Waals surface area contributed by atoms with Crippen LogP contribution in [0.15, 0.2) is 14.9 Å². The molecule has 5 heterocycles. The van der Waals surface area contributed by atoms with Gasteiger partial charge in [0.1, 0.15) is 11.5 Å². The normalized spacial score (nSPS) is 17.6. The Morgan fingerprint density at radius 2 is 2.00 bits per heavy atom. The van der Waals surface area contributed by atoms with Crippen molar-refractivity contribution in [2.24, 2.45) is 10.2 Å². The van der Waals surface area contributed by atoms with Gasteiger partial charge < -0.3 is 10.2 Å². The number of nitrogens with one attached hydrogen (secondary N) is 1. The molecule has 3 aromatic heterocycles. The first kappa shape index (κ1) is 25.6. The number of halogens is 2. The van der Waals surface area contributed by atoms with Crippen LogP contribution in [0.4, 0.5) is 14.6 Å². The van der Waals surface area contributed by atoms with Crippen LogP contribution < -0.4 is 10.2 Å². The molecule has 200 valence electrons. The summed E-state index contributed by atoms with van der Waals surface area (Å²) in [7, 11) is 0. The summed E-state index contributed by atoms with van der Waals surface area (Å²) in [6.07, 6.45) is 6.73. The number of aromatic nitrogens is 7. The Labute approximate surface area is 216 Å². The molecule has 0 unspecified atom stereocenters. The lowest BCUT2D eigenvalue weighted by atomic mass is 9.96. The quantitative estimate of drug-likeness (QED) is 0.414. The predicted molar refractivity (Wildman–Crippen MR) is 130 cm³/mol. The van der Waals surface area contributed by atoms with E-state index in [-0.39, 0.29) is 36.4 Å². The van der Waals surface area contributed by atoms with E-state index in [1.54, 1.807) is 0 Å². The van der Waals surface area contributed by atoms with Crippen molar-refractivity contribution in [1.82, 2.24) is 40.6 Å². The number of rotatable bonds is 9. The lowest BCUT2D eigenvalue weighted by Crippen LogP contribution is -2.29. The van der Waals surface area contributed by atoms with E-state index >= 15 is 0 Å². The maximum absolute atomic E-state index is 14.0. The molecule has 5 rings (SSSR count). The van der Waals surface area contributed by atoms with E-state index < -0.39 is 29.5 Å². The molecule has 0 saturated carbocycles. The van der Waals surface area contributed by atoms with E-state index in [1.807, 2.05) is 20.8 Å². The number of amides is 1. The molecule has 3 aromatic rings. The van der Waals surface area contributed by atoms with Gasteiger partial charge in [0.25, 0.3) is 11.8 Å². The number of carbonyl (C=O) groups excluding carboxylic acids is 1. The molecule has 38 heavy (non-hydrogen) atoms. The summed E-state index contributed by atoms with van der Waals surface area (Å²) >= 11 is 0. The molecule has 0 aliphatic carbocycles. The first-order valence-corrected chi connectivity index (χ1v) is 12.2. The Hall–Kier alpha value is -4.09. The van der Waals surface area contributed by atoms with Crippen molar-refractivity contribution in [3.05, 3.63) is 17.2 Å². The molecule has 0 aromatic carbocycles.